The summed E-state index contributed by atoms with van der Waals surface area (Å²) in [5, 5.41) is 6.51. The largest absolute Gasteiger partial charge is 0.457 e. The highest BCUT2D eigenvalue weighted by molar-refractivity contribution is 6.08. The third-order valence-corrected chi connectivity index (χ3v) is 5.96. The molecule has 0 aliphatic carbocycles. The van der Waals surface area contributed by atoms with Gasteiger partial charge in [-0.15, -0.1) is 0 Å². The van der Waals surface area contributed by atoms with Crippen molar-refractivity contribution in [2.24, 2.45) is 0 Å². The summed E-state index contributed by atoms with van der Waals surface area (Å²) in [6.07, 6.45) is 1.78. The number of para-hydroxylation sites is 1. The average Bonchev–Trinajstić information content (AvgIpc) is 3.44. The third kappa shape index (κ3) is 6.27. The molecule has 5 rings (SSSR count). The number of H-pyrrole nitrogens is 1. The lowest BCUT2D eigenvalue weighted by Gasteiger charge is -2.19. The Hall–Kier alpha value is -4.88. The molecule has 0 aliphatic heterocycles. The van der Waals surface area contributed by atoms with Gasteiger partial charge in [-0.2, -0.15) is 0 Å². The molecular weight excluding hydrogens is 478 g/mol. The van der Waals surface area contributed by atoms with Crippen molar-refractivity contribution in [3.63, 3.8) is 0 Å². The average molecular weight is 506 g/mol. The number of hydrogen-bond acceptors (Lipinski definition) is 4. The van der Waals surface area contributed by atoms with Gasteiger partial charge in [0.25, 0.3) is 5.91 Å². The summed E-state index contributed by atoms with van der Waals surface area (Å²) in [5.74, 6) is 0.625. The first kappa shape index (κ1) is 24.8. The van der Waals surface area contributed by atoms with Gasteiger partial charge in [-0.3, -0.25) is 9.59 Å². The van der Waals surface area contributed by atoms with Gasteiger partial charge in [0.2, 0.25) is 5.91 Å². The number of amides is 2. The van der Waals surface area contributed by atoms with Gasteiger partial charge < -0.3 is 25.1 Å². The molecule has 0 bridgehead atoms. The SMILES string of the molecule is O=C(N[C@@H](COCc1ccccc1)C(=O)Nc1ccc(Oc2ccccc2)cc1)c1cccc2[nH]ccc12. The highest BCUT2D eigenvalue weighted by Gasteiger charge is 2.23. The topological polar surface area (TPSA) is 92.4 Å². The number of hydrogen-bond donors (Lipinski definition) is 3. The van der Waals surface area contributed by atoms with Crippen LogP contribution in [-0.2, 0) is 16.1 Å². The molecule has 0 aliphatic rings. The van der Waals surface area contributed by atoms with E-state index in [1.165, 1.54) is 0 Å². The minimum absolute atomic E-state index is 0.00474. The molecule has 5 aromatic rings. The summed E-state index contributed by atoms with van der Waals surface area (Å²) < 4.78 is 11.7. The van der Waals surface area contributed by atoms with Crippen molar-refractivity contribution in [1.29, 1.82) is 0 Å². The van der Waals surface area contributed by atoms with Gasteiger partial charge in [0.15, 0.2) is 0 Å². The van der Waals surface area contributed by atoms with E-state index in [1.54, 1.807) is 42.6 Å². The molecule has 1 heterocycles. The summed E-state index contributed by atoms with van der Waals surface area (Å²) in [5.41, 5.74) is 2.87. The molecule has 0 radical (unpaired) electrons. The van der Waals surface area contributed by atoms with Crippen LogP contribution in [0.1, 0.15) is 15.9 Å². The number of fused-ring (bicyclic) bond motifs is 1. The van der Waals surface area contributed by atoms with Gasteiger partial charge in [0, 0.05) is 28.4 Å². The molecule has 4 aromatic carbocycles. The minimum Gasteiger partial charge on any atom is -0.457 e. The van der Waals surface area contributed by atoms with Crippen LogP contribution in [0.4, 0.5) is 5.69 Å². The Morgan fingerprint density at radius 3 is 2.24 bits per heavy atom. The minimum atomic E-state index is -0.916. The molecule has 0 unspecified atom stereocenters. The number of aromatic nitrogens is 1. The molecule has 7 heteroatoms. The van der Waals surface area contributed by atoms with Crippen molar-refractivity contribution in [1.82, 2.24) is 10.3 Å². The molecule has 1 aromatic heterocycles. The lowest BCUT2D eigenvalue weighted by atomic mass is 10.1. The fraction of sp³-hybridized carbons (Fsp3) is 0.0968. The number of benzene rings is 4. The Bertz CT molecular complexity index is 1500. The van der Waals surface area contributed by atoms with E-state index in [1.807, 2.05) is 72.8 Å². The monoisotopic (exact) mass is 505 g/mol. The van der Waals surface area contributed by atoms with Crippen LogP contribution >= 0.6 is 0 Å². The zero-order chi connectivity index (χ0) is 26.2. The summed E-state index contributed by atoms with van der Waals surface area (Å²) in [6.45, 7) is 0.324. The van der Waals surface area contributed by atoms with Crippen molar-refractivity contribution in [2.45, 2.75) is 12.6 Å². The molecule has 2 amide bonds. The van der Waals surface area contributed by atoms with Crippen LogP contribution in [0.15, 0.2) is 115 Å². The van der Waals surface area contributed by atoms with Crippen LogP contribution in [0.5, 0.6) is 11.5 Å². The fourth-order valence-electron chi connectivity index (χ4n) is 4.03. The van der Waals surface area contributed by atoms with Crippen LogP contribution in [0, 0.1) is 0 Å². The number of ether oxygens (including phenoxy) is 2. The van der Waals surface area contributed by atoms with Crippen LogP contribution in [0.2, 0.25) is 0 Å². The Kier molecular flexibility index (Phi) is 7.77. The zero-order valence-corrected chi connectivity index (χ0v) is 20.6. The van der Waals surface area contributed by atoms with Gasteiger partial charge in [0.05, 0.1) is 13.2 Å². The maximum atomic E-state index is 13.3. The maximum absolute atomic E-state index is 13.3. The molecule has 0 saturated heterocycles. The smallest absolute Gasteiger partial charge is 0.252 e. The van der Waals surface area contributed by atoms with Gasteiger partial charge in [-0.25, -0.2) is 0 Å². The number of nitrogens with one attached hydrogen (secondary N) is 3. The second-order valence-corrected chi connectivity index (χ2v) is 8.70. The molecule has 0 fully saturated rings. The second-order valence-electron chi connectivity index (χ2n) is 8.70. The summed E-state index contributed by atoms with van der Waals surface area (Å²) in [7, 11) is 0. The Labute approximate surface area is 220 Å². The predicted molar refractivity (Wildman–Crippen MR) is 147 cm³/mol. The first-order chi connectivity index (χ1) is 18.7. The van der Waals surface area contributed by atoms with E-state index in [0.717, 1.165) is 22.2 Å². The quantitative estimate of drug-likeness (QED) is 0.220. The Morgan fingerprint density at radius 2 is 1.47 bits per heavy atom. The molecule has 3 N–H and O–H groups in total. The standard InChI is InChI=1S/C31H27N3O4/c35-30(27-12-7-13-28-26(27)18-19-32-28)34-29(21-37-20-22-8-3-1-4-9-22)31(36)33-23-14-16-25(17-15-23)38-24-10-5-2-6-11-24/h1-19,29,32H,20-21H2,(H,33,36)(H,34,35)/t29-/m0/s1. The highest BCUT2D eigenvalue weighted by atomic mass is 16.5. The van der Waals surface area contributed by atoms with Crippen molar-refractivity contribution < 1.29 is 19.1 Å². The normalized spacial score (nSPS) is 11.6. The number of carbonyl (C=O) groups excluding carboxylic acids is 2. The van der Waals surface area contributed by atoms with Crippen molar-refractivity contribution >= 4 is 28.4 Å². The first-order valence-corrected chi connectivity index (χ1v) is 12.3. The maximum Gasteiger partial charge on any atom is 0.252 e. The highest BCUT2D eigenvalue weighted by Crippen LogP contribution is 2.23. The lowest BCUT2D eigenvalue weighted by molar-refractivity contribution is -0.119. The van der Waals surface area contributed by atoms with Crippen LogP contribution < -0.4 is 15.4 Å². The first-order valence-electron chi connectivity index (χ1n) is 12.3. The fourth-order valence-corrected chi connectivity index (χ4v) is 4.03. The summed E-state index contributed by atoms with van der Waals surface area (Å²) in [6, 6.07) is 32.5. The number of rotatable bonds is 10. The number of carbonyl (C=O) groups is 2. The molecule has 190 valence electrons. The molecule has 1 atom stereocenters. The number of aromatic amines is 1. The van der Waals surface area contributed by atoms with E-state index in [0.29, 0.717) is 23.6 Å². The van der Waals surface area contributed by atoms with Crippen molar-refractivity contribution in [2.75, 3.05) is 11.9 Å². The van der Waals surface area contributed by atoms with E-state index in [-0.39, 0.29) is 18.4 Å². The Morgan fingerprint density at radius 1 is 0.763 bits per heavy atom. The van der Waals surface area contributed by atoms with E-state index in [9.17, 15) is 9.59 Å². The van der Waals surface area contributed by atoms with Gasteiger partial charge >= 0.3 is 0 Å². The van der Waals surface area contributed by atoms with E-state index in [4.69, 9.17) is 9.47 Å². The van der Waals surface area contributed by atoms with Crippen LogP contribution in [0.25, 0.3) is 10.9 Å². The third-order valence-electron chi connectivity index (χ3n) is 5.96. The molecule has 7 nitrogen and oxygen atoms in total. The predicted octanol–water partition coefficient (Wildman–Crippen LogP) is 5.91. The van der Waals surface area contributed by atoms with Gasteiger partial charge in [-0.05, 0) is 60.2 Å². The zero-order valence-electron chi connectivity index (χ0n) is 20.6. The van der Waals surface area contributed by atoms with Crippen molar-refractivity contribution in [3.05, 3.63) is 127 Å². The van der Waals surface area contributed by atoms with E-state index >= 15 is 0 Å². The van der Waals surface area contributed by atoms with Crippen LogP contribution in [0.3, 0.4) is 0 Å². The Balaban J connectivity index is 1.27. The molecule has 0 saturated carbocycles. The lowest BCUT2D eigenvalue weighted by Crippen LogP contribution is -2.46. The molecular formula is C31H27N3O4. The van der Waals surface area contributed by atoms with Gasteiger partial charge in [0.1, 0.15) is 17.5 Å². The van der Waals surface area contributed by atoms with Crippen molar-refractivity contribution in [3.8, 4) is 11.5 Å². The van der Waals surface area contributed by atoms with E-state index in [2.05, 4.69) is 15.6 Å². The summed E-state index contributed by atoms with van der Waals surface area (Å²) in [4.78, 5) is 29.6. The molecule has 0 spiro atoms. The second kappa shape index (κ2) is 11.9. The van der Waals surface area contributed by atoms with Gasteiger partial charge in [-0.1, -0.05) is 54.6 Å². The number of anilines is 1. The van der Waals surface area contributed by atoms with Crippen LogP contribution in [-0.4, -0.2) is 29.4 Å². The van der Waals surface area contributed by atoms with E-state index < -0.39 is 6.04 Å². The summed E-state index contributed by atoms with van der Waals surface area (Å²) >= 11 is 0. The molecule has 38 heavy (non-hydrogen) atoms.